The van der Waals surface area contributed by atoms with E-state index in [4.69, 9.17) is 10.8 Å². The highest BCUT2D eigenvalue weighted by Gasteiger charge is 1.96. The van der Waals surface area contributed by atoms with Crippen molar-refractivity contribution in [3.63, 3.8) is 0 Å². The molecule has 70 valence electrons. The van der Waals surface area contributed by atoms with E-state index >= 15 is 0 Å². The molecule has 0 fully saturated rings. The Morgan fingerprint density at radius 2 is 2.15 bits per heavy atom. The third-order valence-electron chi connectivity index (χ3n) is 1.64. The molecule has 0 heterocycles. The van der Waals surface area contributed by atoms with Gasteiger partial charge in [-0.05, 0) is 11.1 Å². The molecular weight excluding hydrogens is 168 g/mol. The van der Waals surface area contributed by atoms with Crippen LogP contribution >= 0.6 is 0 Å². The number of primary amides is 1. The Kier molecular flexibility index (Phi) is 3.28. The maximum Gasteiger partial charge on any atom is 0.312 e. The van der Waals surface area contributed by atoms with Gasteiger partial charge in [0.2, 0.25) is 0 Å². The number of aliphatic hydroxyl groups is 1. The molecule has 0 spiro atoms. The van der Waals surface area contributed by atoms with E-state index in [-0.39, 0.29) is 6.61 Å². The summed E-state index contributed by atoms with van der Waals surface area (Å²) in [6.07, 6.45) is 0. The van der Waals surface area contributed by atoms with Crippen LogP contribution in [0.5, 0.6) is 0 Å². The van der Waals surface area contributed by atoms with Gasteiger partial charge in [-0.1, -0.05) is 24.3 Å². The molecule has 0 aliphatic carbocycles. The van der Waals surface area contributed by atoms with Gasteiger partial charge in [-0.3, -0.25) is 0 Å². The molecular formula is C9H12N2O2. The Labute approximate surface area is 76.4 Å². The summed E-state index contributed by atoms with van der Waals surface area (Å²) in [5.74, 6) is 0. The highest BCUT2D eigenvalue weighted by molar-refractivity contribution is 5.71. The molecule has 13 heavy (non-hydrogen) atoms. The number of aliphatic hydroxyl groups excluding tert-OH is 1. The van der Waals surface area contributed by atoms with Gasteiger partial charge >= 0.3 is 6.03 Å². The van der Waals surface area contributed by atoms with E-state index < -0.39 is 6.03 Å². The van der Waals surface area contributed by atoms with E-state index in [1.54, 1.807) is 0 Å². The third kappa shape index (κ3) is 3.13. The smallest absolute Gasteiger partial charge is 0.312 e. The Morgan fingerprint density at radius 3 is 2.77 bits per heavy atom. The van der Waals surface area contributed by atoms with Crippen molar-refractivity contribution in [2.75, 3.05) is 0 Å². The minimum atomic E-state index is -0.547. The predicted octanol–water partition coefficient (Wildman–Crippen LogP) is 0.347. The van der Waals surface area contributed by atoms with Crippen LogP contribution in [0, 0.1) is 0 Å². The van der Waals surface area contributed by atoms with Crippen molar-refractivity contribution in [3.05, 3.63) is 35.4 Å². The number of benzene rings is 1. The zero-order valence-electron chi connectivity index (χ0n) is 7.16. The van der Waals surface area contributed by atoms with Crippen LogP contribution in [-0.2, 0) is 13.2 Å². The number of carbonyl (C=O) groups excluding carboxylic acids is 1. The number of urea groups is 1. The number of hydrogen-bond donors (Lipinski definition) is 3. The Morgan fingerprint density at radius 1 is 1.46 bits per heavy atom. The minimum Gasteiger partial charge on any atom is -0.392 e. The van der Waals surface area contributed by atoms with E-state index in [0.29, 0.717) is 6.54 Å². The van der Waals surface area contributed by atoms with Gasteiger partial charge in [-0.2, -0.15) is 0 Å². The lowest BCUT2D eigenvalue weighted by molar-refractivity contribution is 0.248. The van der Waals surface area contributed by atoms with E-state index in [0.717, 1.165) is 11.1 Å². The molecule has 0 atom stereocenters. The van der Waals surface area contributed by atoms with Gasteiger partial charge in [0.15, 0.2) is 0 Å². The molecule has 0 unspecified atom stereocenters. The largest absolute Gasteiger partial charge is 0.392 e. The molecule has 4 heteroatoms. The molecule has 0 saturated carbocycles. The summed E-state index contributed by atoms with van der Waals surface area (Å²) < 4.78 is 0. The maximum absolute atomic E-state index is 10.4. The van der Waals surface area contributed by atoms with E-state index in [1.807, 2.05) is 24.3 Å². The number of rotatable bonds is 3. The average Bonchev–Trinajstić information content (AvgIpc) is 2.15. The van der Waals surface area contributed by atoms with Gasteiger partial charge in [0, 0.05) is 6.54 Å². The summed E-state index contributed by atoms with van der Waals surface area (Å²) in [7, 11) is 0. The van der Waals surface area contributed by atoms with Gasteiger partial charge in [0.25, 0.3) is 0 Å². The molecule has 0 bridgehead atoms. The molecule has 4 nitrogen and oxygen atoms in total. The van der Waals surface area contributed by atoms with Crippen molar-refractivity contribution in [2.45, 2.75) is 13.2 Å². The van der Waals surface area contributed by atoms with Crippen LogP contribution in [-0.4, -0.2) is 11.1 Å². The zero-order valence-corrected chi connectivity index (χ0v) is 7.16. The van der Waals surface area contributed by atoms with Crippen LogP contribution in [0.1, 0.15) is 11.1 Å². The number of nitrogens with one attached hydrogen (secondary N) is 1. The zero-order chi connectivity index (χ0) is 9.68. The highest BCUT2D eigenvalue weighted by atomic mass is 16.3. The van der Waals surface area contributed by atoms with Crippen molar-refractivity contribution in [3.8, 4) is 0 Å². The summed E-state index contributed by atoms with van der Waals surface area (Å²) in [4.78, 5) is 10.4. The number of amides is 2. The predicted molar refractivity (Wildman–Crippen MR) is 48.8 cm³/mol. The fourth-order valence-corrected chi connectivity index (χ4v) is 1.03. The van der Waals surface area contributed by atoms with Gasteiger partial charge in [0.1, 0.15) is 0 Å². The number of nitrogens with two attached hydrogens (primary N) is 1. The van der Waals surface area contributed by atoms with Gasteiger partial charge in [0.05, 0.1) is 6.61 Å². The molecule has 0 aromatic heterocycles. The van der Waals surface area contributed by atoms with Crippen molar-refractivity contribution in [1.82, 2.24) is 5.32 Å². The molecule has 1 rings (SSSR count). The quantitative estimate of drug-likeness (QED) is 0.627. The lowest BCUT2D eigenvalue weighted by atomic mass is 10.1. The number of hydrogen-bond acceptors (Lipinski definition) is 2. The van der Waals surface area contributed by atoms with Crippen molar-refractivity contribution in [2.24, 2.45) is 5.73 Å². The average molecular weight is 180 g/mol. The minimum absolute atomic E-state index is 0.00438. The summed E-state index contributed by atoms with van der Waals surface area (Å²) in [6, 6.07) is 6.76. The molecule has 2 amide bonds. The van der Waals surface area contributed by atoms with Crippen LogP contribution in [0.4, 0.5) is 4.79 Å². The molecule has 0 saturated heterocycles. The lowest BCUT2D eigenvalue weighted by Crippen LogP contribution is -2.28. The second kappa shape index (κ2) is 4.47. The second-order valence-corrected chi connectivity index (χ2v) is 2.70. The first kappa shape index (κ1) is 9.54. The Balaban J connectivity index is 2.61. The van der Waals surface area contributed by atoms with Crippen molar-refractivity contribution in [1.29, 1.82) is 0 Å². The van der Waals surface area contributed by atoms with Crippen LogP contribution < -0.4 is 11.1 Å². The summed E-state index contributed by atoms with van der Waals surface area (Å²) >= 11 is 0. The summed E-state index contributed by atoms with van der Waals surface area (Å²) in [5, 5.41) is 11.3. The topological polar surface area (TPSA) is 75.4 Å². The Bertz CT molecular complexity index is 299. The molecule has 1 aromatic rings. The first-order chi connectivity index (χ1) is 6.22. The van der Waals surface area contributed by atoms with Crippen molar-refractivity contribution >= 4 is 6.03 Å². The van der Waals surface area contributed by atoms with Crippen molar-refractivity contribution < 1.29 is 9.90 Å². The van der Waals surface area contributed by atoms with Gasteiger partial charge in [-0.15, -0.1) is 0 Å². The van der Waals surface area contributed by atoms with E-state index in [9.17, 15) is 4.79 Å². The van der Waals surface area contributed by atoms with E-state index in [1.165, 1.54) is 0 Å². The van der Waals surface area contributed by atoms with Crippen LogP contribution in [0.15, 0.2) is 24.3 Å². The fraction of sp³-hybridized carbons (Fsp3) is 0.222. The monoisotopic (exact) mass is 180 g/mol. The van der Waals surface area contributed by atoms with Gasteiger partial charge in [-0.25, -0.2) is 4.79 Å². The molecule has 0 aliphatic heterocycles. The Hall–Kier alpha value is -1.55. The third-order valence-corrected chi connectivity index (χ3v) is 1.64. The lowest BCUT2D eigenvalue weighted by Gasteiger charge is -2.03. The van der Waals surface area contributed by atoms with Crippen LogP contribution in [0.2, 0.25) is 0 Å². The standard InChI is InChI=1S/C9H12N2O2/c10-9(13)11-5-7-2-1-3-8(4-7)6-12/h1-4,12H,5-6H2,(H3,10,11,13). The fourth-order valence-electron chi connectivity index (χ4n) is 1.03. The molecule has 0 aliphatic rings. The maximum atomic E-state index is 10.4. The highest BCUT2D eigenvalue weighted by Crippen LogP contribution is 2.04. The molecule has 1 aromatic carbocycles. The van der Waals surface area contributed by atoms with E-state index in [2.05, 4.69) is 5.32 Å². The summed E-state index contributed by atoms with van der Waals surface area (Å²) in [5.41, 5.74) is 6.66. The molecule has 0 radical (unpaired) electrons. The van der Waals surface area contributed by atoms with Crippen LogP contribution in [0.3, 0.4) is 0 Å². The van der Waals surface area contributed by atoms with Crippen LogP contribution in [0.25, 0.3) is 0 Å². The SMILES string of the molecule is NC(=O)NCc1cccc(CO)c1. The first-order valence-electron chi connectivity index (χ1n) is 3.94. The molecule has 4 N–H and O–H groups in total. The second-order valence-electron chi connectivity index (χ2n) is 2.70. The van der Waals surface area contributed by atoms with Gasteiger partial charge < -0.3 is 16.2 Å². The normalized spacial score (nSPS) is 9.62. The number of carbonyl (C=O) groups is 1. The summed E-state index contributed by atoms with van der Waals surface area (Å²) in [6.45, 7) is 0.396. The first-order valence-corrected chi connectivity index (χ1v) is 3.94.